The van der Waals surface area contributed by atoms with Gasteiger partial charge in [-0.25, -0.2) is 0 Å². The van der Waals surface area contributed by atoms with E-state index in [1.54, 1.807) is 0 Å². The number of rotatable bonds is 4. The molecule has 13 heavy (non-hydrogen) atoms. The summed E-state index contributed by atoms with van der Waals surface area (Å²) in [4.78, 5) is 0. The van der Waals surface area contributed by atoms with Gasteiger partial charge in [0, 0.05) is 13.2 Å². The first-order valence-corrected chi connectivity index (χ1v) is 4.46. The summed E-state index contributed by atoms with van der Waals surface area (Å²) in [6.45, 7) is 5.42. The number of ether oxygens (including phenoxy) is 2. The molecule has 0 aliphatic carbocycles. The van der Waals surface area contributed by atoms with Crippen molar-refractivity contribution < 1.29 is 26.5 Å². The van der Waals surface area contributed by atoms with Crippen LogP contribution in [0.2, 0.25) is 0 Å². The average molecular weight is 261 g/mol. The van der Waals surface area contributed by atoms with Gasteiger partial charge in [-0.15, -0.1) is 0 Å². The maximum atomic E-state index is 5.46. The van der Waals surface area contributed by atoms with Crippen LogP contribution in [-0.4, -0.2) is 42.6 Å². The van der Waals surface area contributed by atoms with Gasteiger partial charge in [-0.05, 0) is 19.3 Å². The van der Waals surface area contributed by atoms with E-state index in [9.17, 15) is 0 Å². The normalized spacial score (nSPS) is 21.5. The summed E-state index contributed by atoms with van der Waals surface area (Å²) in [7, 11) is 0. The Hall–Kier alpha value is 1.17. The zero-order valence-corrected chi connectivity index (χ0v) is 11.1. The molecule has 1 aliphatic rings. The van der Waals surface area contributed by atoms with Crippen LogP contribution in [0.1, 0.15) is 32.1 Å². The van der Waals surface area contributed by atoms with Gasteiger partial charge in [0.15, 0.2) is 6.29 Å². The zero-order chi connectivity index (χ0) is 7.94. The van der Waals surface area contributed by atoms with Crippen LogP contribution >= 0.6 is 0 Å². The van der Waals surface area contributed by atoms with Crippen molar-refractivity contribution in [3.63, 3.8) is 0 Å². The summed E-state index contributed by atoms with van der Waals surface area (Å²) in [5, 5.41) is 0. The SMILES string of the molecule is [Br-].[CH2-]CCCOC1CCCCO1.[Mg+2]. The van der Waals surface area contributed by atoms with Gasteiger partial charge >= 0.3 is 23.1 Å². The van der Waals surface area contributed by atoms with Gasteiger partial charge in [0.05, 0.1) is 0 Å². The van der Waals surface area contributed by atoms with Crippen molar-refractivity contribution in [2.24, 2.45) is 0 Å². The summed E-state index contributed by atoms with van der Waals surface area (Å²) in [5.41, 5.74) is 0. The molecule has 0 N–H and O–H groups in total. The monoisotopic (exact) mass is 260 g/mol. The first kappa shape index (κ1) is 16.6. The largest absolute Gasteiger partial charge is 2.00 e. The van der Waals surface area contributed by atoms with Crippen LogP contribution in [0.15, 0.2) is 0 Å². The van der Waals surface area contributed by atoms with Crippen molar-refractivity contribution in [2.75, 3.05) is 13.2 Å². The summed E-state index contributed by atoms with van der Waals surface area (Å²) in [6.07, 6.45) is 5.57. The Morgan fingerprint density at radius 3 is 2.69 bits per heavy atom. The molecule has 1 aliphatic heterocycles. The zero-order valence-electron chi connectivity index (χ0n) is 8.14. The van der Waals surface area contributed by atoms with Crippen molar-refractivity contribution in [1.29, 1.82) is 0 Å². The fraction of sp³-hybridized carbons (Fsp3) is 0.889. The third-order valence-corrected chi connectivity index (χ3v) is 1.84. The summed E-state index contributed by atoms with van der Waals surface area (Å²) in [5.74, 6) is 0. The fourth-order valence-electron chi connectivity index (χ4n) is 1.16. The Balaban J connectivity index is 0. The Bertz CT molecular complexity index is 97.6. The fourth-order valence-corrected chi connectivity index (χ4v) is 1.16. The van der Waals surface area contributed by atoms with Gasteiger partial charge in [0.25, 0.3) is 0 Å². The molecule has 0 amide bonds. The molecule has 4 heteroatoms. The van der Waals surface area contributed by atoms with E-state index < -0.39 is 0 Å². The van der Waals surface area contributed by atoms with Crippen LogP contribution in [-0.2, 0) is 9.47 Å². The van der Waals surface area contributed by atoms with Gasteiger partial charge in [-0.1, -0.05) is 6.42 Å². The molecule has 0 saturated carbocycles. The van der Waals surface area contributed by atoms with Crippen molar-refractivity contribution in [2.45, 2.75) is 38.4 Å². The summed E-state index contributed by atoms with van der Waals surface area (Å²) in [6, 6.07) is 0. The van der Waals surface area contributed by atoms with Gasteiger partial charge < -0.3 is 33.4 Å². The predicted molar refractivity (Wildman–Crippen MR) is 49.9 cm³/mol. The molecule has 1 heterocycles. The van der Waals surface area contributed by atoms with Crippen LogP contribution in [0, 0.1) is 6.92 Å². The van der Waals surface area contributed by atoms with Crippen molar-refractivity contribution in [3.8, 4) is 0 Å². The molecule has 1 atom stereocenters. The molecule has 0 aromatic carbocycles. The molecule has 1 unspecified atom stereocenters. The average Bonchev–Trinajstić information content (AvgIpc) is 2.07. The molecule has 0 bridgehead atoms. The van der Waals surface area contributed by atoms with Crippen LogP contribution in [0.5, 0.6) is 0 Å². The van der Waals surface area contributed by atoms with Crippen LogP contribution in [0.25, 0.3) is 0 Å². The standard InChI is InChI=1S/C9H17O2.BrH.Mg/c1-2-3-7-10-9-6-4-5-8-11-9;;/h9H,1-8H2;1H;/q-1;;+2/p-1. The quantitative estimate of drug-likeness (QED) is 0.358. The van der Waals surface area contributed by atoms with E-state index in [-0.39, 0.29) is 46.3 Å². The number of hydrogen-bond acceptors (Lipinski definition) is 2. The topological polar surface area (TPSA) is 18.5 Å². The van der Waals surface area contributed by atoms with E-state index in [1.807, 2.05) is 0 Å². The molecule has 0 radical (unpaired) electrons. The Labute approximate surface area is 108 Å². The Morgan fingerprint density at radius 1 is 1.38 bits per heavy atom. The smallest absolute Gasteiger partial charge is 1.00 e. The van der Waals surface area contributed by atoms with E-state index in [1.165, 1.54) is 12.8 Å². The molecular formula is C9H17BrMgO2. The second-order valence-corrected chi connectivity index (χ2v) is 2.87. The van der Waals surface area contributed by atoms with Crippen LogP contribution < -0.4 is 17.0 Å². The third kappa shape index (κ3) is 8.18. The van der Waals surface area contributed by atoms with Crippen LogP contribution in [0.4, 0.5) is 0 Å². The van der Waals surface area contributed by atoms with E-state index >= 15 is 0 Å². The summed E-state index contributed by atoms with van der Waals surface area (Å²) < 4.78 is 10.8. The van der Waals surface area contributed by atoms with Crippen LogP contribution in [0.3, 0.4) is 0 Å². The molecule has 1 saturated heterocycles. The minimum Gasteiger partial charge on any atom is -1.00 e. The number of hydrogen-bond donors (Lipinski definition) is 0. The van der Waals surface area contributed by atoms with Gasteiger partial charge in [-0.2, -0.15) is 6.42 Å². The molecular weight excluding hydrogens is 244 g/mol. The molecule has 0 aromatic rings. The molecule has 0 spiro atoms. The molecule has 2 nitrogen and oxygen atoms in total. The van der Waals surface area contributed by atoms with Gasteiger partial charge in [0.2, 0.25) is 0 Å². The minimum absolute atomic E-state index is 0. The first-order chi connectivity index (χ1) is 5.43. The van der Waals surface area contributed by atoms with E-state index in [0.717, 1.165) is 32.5 Å². The molecule has 1 rings (SSSR count). The molecule has 1 fully saturated rings. The van der Waals surface area contributed by atoms with Crippen molar-refractivity contribution in [3.05, 3.63) is 6.92 Å². The van der Waals surface area contributed by atoms with Crippen molar-refractivity contribution >= 4 is 23.1 Å². The maximum absolute atomic E-state index is 5.46. The second-order valence-electron chi connectivity index (χ2n) is 2.87. The minimum atomic E-state index is 0. The molecule has 0 aromatic heterocycles. The Kier molecular flexibility index (Phi) is 14.3. The van der Waals surface area contributed by atoms with Crippen molar-refractivity contribution in [1.82, 2.24) is 0 Å². The number of halogens is 1. The summed E-state index contributed by atoms with van der Waals surface area (Å²) >= 11 is 0. The van der Waals surface area contributed by atoms with Gasteiger partial charge in [0.1, 0.15) is 0 Å². The molecule has 74 valence electrons. The van der Waals surface area contributed by atoms with E-state index in [4.69, 9.17) is 9.47 Å². The predicted octanol–water partition coefficient (Wildman–Crippen LogP) is -1.23. The van der Waals surface area contributed by atoms with E-state index in [0.29, 0.717) is 0 Å². The first-order valence-electron chi connectivity index (χ1n) is 4.46. The number of unbranched alkanes of at least 4 members (excludes halogenated alkanes) is 1. The van der Waals surface area contributed by atoms with E-state index in [2.05, 4.69) is 6.92 Å². The maximum Gasteiger partial charge on any atom is 2.00 e. The Morgan fingerprint density at radius 2 is 2.15 bits per heavy atom. The van der Waals surface area contributed by atoms with Gasteiger partial charge in [-0.3, -0.25) is 0 Å². The third-order valence-electron chi connectivity index (χ3n) is 1.84. The second kappa shape index (κ2) is 11.2.